The van der Waals surface area contributed by atoms with Crippen molar-refractivity contribution in [2.24, 2.45) is 0 Å². The third-order valence-corrected chi connectivity index (χ3v) is 6.59. The van der Waals surface area contributed by atoms with Gasteiger partial charge in [-0.15, -0.1) is 0 Å². The highest BCUT2D eigenvalue weighted by molar-refractivity contribution is 9.10. The van der Waals surface area contributed by atoms with Gasteiger partial charge < -0.3 is 20.1 Å². The molecule has 1 aliphatic heterocycles. The van der Waals surface area contributed by atoms with Gasteiger partial charge in [-0.3, -0.25) is 9.59 Å². The molecule has 4 rings (SSSR count). The Kier molecular flexibility index (Phi) is 8.98. The topological polar surface area (TPSA) is 97.0 Å². The number of amides is 4. The SMILES string of the molecule is CCOc1cc(/C=C2/NC(=O)N(CC(=O)Nc3ccccc3CC)C2=O)c(Br)cc1OCc1ccc(F)cc1. The van der Waals surface area contributed by atoms with Crippen molar-refractivity contribution in [3.05, 3.63) is 93.3 Å². The van der Waals surface area contributed by atoms with Crippen LogP contribution in [0.5, 0.6) is 11.5 Å². The maximum atomic E-state index is 13.2. The third kappa shape index (κ3) is 6.83. The van der Waals surface area contributed by atoms with Crippen molar-refractivity contribution in [3.63, 3.8) is 0 Å². The summed E-state index contributed by atoms with van der Waals surface area (Å²) in [4.78, 5) is 39.0. The molecule has 0 aromatic heterocycles. The molecule has 4 amide bonds. The molecule has 10 heteroatoms. The Hall–Kier alpha value is -4.18. The molecule has 1 heterocycles. The summed E-state index contributed by atoms with van der Waals surface area (Å²) >= 11 is 3.49. The second kappa shape index (κ2) is 12.6. The highest BCUT2D eigenvalue weighted by Crippen LogP contribution is 2.35. The molecule has 2 N–H and O–H groups in total. The van der Waals surface area contributed by atoms with Crippen LogP contribution in [0.25, 0.3) is 6.08 Å². The first-order valence-corrected chi connectivity index (χ1v) is 13.1. The second-order valence-corrected chi connectivity index (χ2v) is 9.46. The van der Waals surface area contributed by atoms with E-state index >= 15 is 0 Å². The Bertz CT molecular complexity index is 1420. The lowest BCUT2D eigenvalue weighted by molar-refractivity contribution is -0.127. The van der Waals surface area contributed by atoms with Crippen LogP contribution in [0.4, 0.5) is 14.9 Å². The molecule has 3 aromatic carbocycles. The number of hydrogen-bond donors (Lipinski definition) is 2. The van der Waals surface area contributed by atoms with Crippen LogP contribution < -0.4 is 20.1 Å². The summed E-state index contributed by atoms with van der Waals surface area (Å²) < 4.78 is 25.4. The van der Waals surface area contributed by atoms with Crippen molar-refractivity contribution in [1.29, 1.82) is 0 Å². The van der Waals surface area contributed by atoms with E-state index < -0.39 is 24.4 Å². The van der Waals surface area contributed by atoms with Gasteiger partial charge in [0.05, 0.1) is 6.61 Å². The minimum Gasteiger partial charge on any atom is -0.490 e. The van der Waals surface area contributed by atoms with Crippen LogP contribution in [0.15, 0.2) is 70.8 Å². The quantitative estimate of drug-likeness (QED) is 0.233. The van der Waals surface area contributed by atoms with Gasteiger partial charge in [-0.1, -0.05) is 53.2 Å². The number of halogens is 2. The maximum Gasteiger partial charge on any atom is 0.329 e. The predicted molar refractivity (Wildman–Crippen MR) is 149 cm³/mol. The largest absolute Gasteiger partial charge is 0.490 e. The second-order valence-electron chi connectivity index (χ2n) is 8.61. The Balaban J connectivity index is 1.49. The van der Waals surface area contributed by atoms with Gasteiger partial charge in [0.2, 0.25) is 5.91 Å². The minimum atomic E-state index is -0.689. The molecular weight excluding hydrogens is 569 g/mol. The maximum absolute atomic E-state index is 13.2. The number of para-hydroxylation sites is 1. The minimum absolute atomic E-state index is 0.0184. The van der Waals surface area contributed by atoms with Crippen LogP contribution in [0.1, 0.15) is 30.5 Å². The Labute approximate surface area is 233 Å². The fourth-order valence-corrected chi connectivity index (χ4v) is 4.38. The molecule has 39 heavy (non-hydrogen) atoms. The number of carbonyl (C=O) groups is 3. The monoisotopic (exact) mass is 595 g/mol. The van der Waals surface area contributed by atoms with Gasteiger partial charge in [0.15, 0.2) is 11.5 Å². The zero-order valence-corrected chi connectivity index (χ0v) is 23.0. The highest BCUT2D eigenvalue weighted by Gasteiger charge is 2.35. The van der Waals surface area contributed by atoms with Crippen LogP contribution in [0, 0.1) is 5.82 Å². The first-order valence-electron chi connectivity index (χ1n) is 12.3. The average molecular weight is 596 g/mol. The molecule has 1 aliphatic rings. The van der Waals surface area contributed by atoms with Gasteiger partial charge in [0.25, 0.3) is 5.91 Å². The van der Waals surface area contributed by atoms with Crippen LogP contribution in [-0.4, -0.2) is 35.9 Å². The molecule has 8 nitrogen and oxygen atoms in total. The number of carbonyl (C=O) groups excluding carboxylic acids is 3. The zero-order chi connectivity index (χ0) is 27.9. The van der Waals surface area contributed by atoms with Gasteiger partial charge in [-0.05, 0) is 66.4 Å². The molecule has 0 radical (unpaired) electrons. The van der Waals surface area contributed by atoms with Gasteiger partial charge in [0.1, 0.15) is 24.7 Å². The van der Waals surface area contributed by atoms with Crippen LogP contribution in [0.2, 0.25) is 0 Å². The highest BCUT2D eigenvalue weighted by atomic mass is 79.9. The molecule has 202 valence electrons. The lowest BCUT2D eigenvalue weighted by atomic mass is 10.1. The molecule has 0 unspecified atom stereocenters. The summed E-state index contributed by atoms with van der Waals surface area (Å²) in [5.74, 6) is -0.563. The Morgan fingerprint density at radius 1 is 1.05 bits per heavy atom. The van der Waals surface area contributed by atoms with Crippen molar-refractivity contribution >= 4 is 45.5 Å². The third-order valence-electron chi connectivity index (χ3n) is 5.91. The normalized spacial score (nSPS) is 13.9. The Morgan fingerprint density at radius 3 is 2.49 bits per heavy atom. The molecule has 1 saturated heterocycles. The van der Waals surface area contributed by atoms with E-state index in [4.69, 9.17) is 9.47 Å². The van der Waals surface area contributed by atoms with E-state index in [9.17, 15) is 18.8 Å². The van der Waals surface area contributed by atoms with Crippen molar-refractivity contribution in [3.8, 4) is 11.5 Å². The number of nitrogens with one attached hydrogen (secondary N) is 2. The summed E-state index contributed by atoms with van der Waals surface area (Å²) in [6.07, 6.45) is 2.22. The lowest BCUT2D eigenvalue weighted by Crippen LogP contribution is -2.38. The van der Waals surface area contributed by atoms with Crippen LogP contribution in [0.3, 0.4) is 0 Å². The van der Waals surface area contributed by atoms with Crippen molar-refractivity contribution in [2.45, 2.75) is 26.9 Å². The average Bonchev–Trinajstić information content (AvgIpc) is 3.18. The van der Waals surface area contributed by atoms with Crippen LogP contribution in [-0.2, 0) is 22.6 Å². The van der Waals surface area contributed by atoms with Gasteiger partial charge in [-0.25, -0.2) is 14.1 Å². The lowest BCUT2D eigenvalue weighted by Gasteiger charge is -2.14. The number of ether oxygens (including phenoxy) is 2. The van der Waals surface area contributed by atoms with E-state index in [0.717, 1.165) is 22.4 Å². The number of anilines is 1. The fraction of sp³-hybridized carbons (Fsp3) is 0.207. The van der Waals surface area contributed by atoms with E-state index in [1.165, 1.54) is 18.2 Å². The smallest absolute Gasteiger partial charge is 0.329 e. The first kappa shape index (κ1) is 27.8. The summed E-state index contributed by atoms with van der Waals surface area (Å²) in [6.45, 7) is 3.93. The molecule has 1 fully saturated rings. The molecular formula is C29H27BrFN3O5. The molecule has 3 aromatic rings. The molecule has 0 aliphatic carbocycles. The number of imide groups is 1. The molecule has 0 spiro atoms. The number of urea groups is 1. The van der Waals surface area contributed by atoms with E-state index in [2.05, 4.69) is 26.6 Å². The number of aryl methyl sites for hydroxylation is 1. The van der Waals surface area contributed by atoms with Gasteiger partial charge >= 0.3 is 6.03 Å². The number of rotatable bonds is 10. The number of nitrogens with zero attached hydrogens (tertiary/aromatic N) is 1. The number of hydrogen-bond acceptors (Lipinski definition) is 5. The van der Waals surface area contributed by atoms with Crippen LogP contribution >= 0.6 is 15.9 Å². The fourth-order valence-electron chi connectivity index (χ4n) is 3.94. The van der Waals surface area contributed by atoms with Gasteiger partial charge in [-0.2, -0.15) is 0 Å². The first-order chi connectivity index (χ1) is 18.8. The van der Waals surface area contributed by atoms with E-state index in [-0.39, 0.29) is 18.1 Å². The van der Waals surface area contributed by atoms with Crippen molar-refractivity contribution < 1.29 is 28.2 Å². The summed E-state index contributed by atoms with van der Waals surface area (Å²) in [6, 6.07) is 16.0. The molecule has 0 bridgehead atoms. The molecule has 0 saturated carbocycles. The standard InChI is InChI=1S/C29H27BrFN3O5/c1-3-19-7-5-6-8-23(19)32-27(35)16-34-28(36)24(33-29(34)37)13-20-14-25(38-4-2)26(15-22(20)30)39-17-18-9-11-21(31)12-10-18/h5-15H,3-4,16-17H2,1-2H3,(H,32,35)(H,33,37)/b24-13+. The summed E-state index contributed by atoms with van der Waals surface area (Å²) in [5, 5.41) is 5.30. The Morgan fingerprint density at radius 2 is 1.77 bits per heavy atom. The predicted octanol–water partition coefficient (Wildman–Crippen LogP) is 5.66. The van der Waals surface area contributed by atoms with E-state index in [1.54, 1.807) is 36.4 Å². The van der Waals surface area contributed by atoms with E-state index in [0.29, 0.717) is 33.8 Å². The van der Waals surface area contributed by atoms with Gasteiger partial charge in [0, 0.05) is 10.2 Å². The van der Waals surface area contributed by atoms with E-state index in [1.807, 2.05) is 26.0 Å². The van der Waals surface area contributed by atoms with Crippen molar-refractivity contribution in [2.75, 3.05) is 18.5 Å². The summed E-state index contributed by atoms with van der Waals surface area (Å²) in [5.41, 5.74) is 2.94. The molecule has 0 atom stereocenters. The van der Waals surface area contributed by atoms with Crippen molar-refractivity contribution in [1.82, 2.24) is 10.2 Å². The summed E-state index contributed by atoms with van der Waals surface area (Å²) in [7, 11) is 0. The number of benzene rings is 3. The zero-order valence-electron chi connectivity index (χ0n) is 21.4.